The van der Waals surface area contributed by atoms with Crippen LogP contribution in [0.1, 0.15) is 0 Å². The zero-order valence-corrected chi connectivity index (χ0v) is 7.67. The fourth-order valence-electron chi connectivity index (χ4n) is 0.868. The molecule has 0 aliphatic carbocycles. The summed E-state index contributed by atoms with van der Waals surface area (Å²) in [4.78, 5) is 7.97. The fourth-order valence-corrected chi connectivity index (χ4v) is 1.66. The van der Waals surface area contributed by atoms with Crippen molar-refractivity contribution in [2.75, 3.05) is 0 Å². The van der Waals surface area contributed by atoms with Crippen molar-refractivity contribution in [3.63, 3.8) is 0 Å². The van der Waals surface area contributed by atoms with Crippen LogP contribution in [0.25, 0.3) is 5.65 Å². The highest BCUT2D eigenvalue weighted by molar-refractivity contribution is 9.10. The van der Waals surface area contributed by atoms with Gasteiger partial charge in [-0.2, -0.15) is 0 Å². The Hall–Kier alpha value is -0.610. The topological polar surface area (TPSA) is 30.2 Å². The number of fused-ring (bicyclic) bond motifs is 1. The average molecular weight is 232 g/mol. The first-order valence-electron chi connectivity index (χ1n) is 2.92. The van der Waals surface area contributed by atoms with Gasteiger partial charge in [-0.05, 0) is 33.6 Å². The minimum absolute atomic E-state index is 0.409. The van der Waals surface area contributed by atoms with E-state index in [0.29, 0.717) is 5.28 Å². The molecule has 0 spiro atoms. The van der Waals surface area contributed by atoms with Crippen LogP contribution in [0.2, 0.25) is 5.28 Å². The third kappa shape index (κ3) is 1.02. The summed E-state index contributed by atoms with van der Waals surface area (Å²) >= 11 is 9.08. The second kappa shape index (κ2) is 2.46. The maximum Gasteiger partial charge on any atom is 0.209 e. The normalized spacial score (nSPS) is 10.7. The Bertz CT molecular complexity index is 398. The molecule has 0 N–H and O–H groups in total. The highest BCUT2D eigenvalue weighted by Gasteiger charge is 2.02. The molecule has 0 aromatic carbocycles. The molecule has 5 heteroatoms. The van der Waals surface area contributed by atoms with E-state index in [4.69, 9.17) is 11.6 Å². The summed E-state index contributed by atoms with van der Waals surface area (Å²) in [6.45, 7) is 0. The van der Waals surface area contributed by atoms with Crippen molar-refractivity contribution >= 4 is 33.2 Å². The van der Waals surface area contributed by atoms with Gasteiger partial charge < -0.3 is 0 Å². The fraction of sp³-hybridized carbons (Fsp3) is 0. The van der Waals surface area contributed by atoms with Gasteiger partial charge in [0, 0.05) is 6.20 Å². The molecule has 0 fully saturated rings. The van der Waals surface area contributed by atoms with Crippen LogP contribution in [0, 0.1) is 0 Å². The van der Waals surface area contributed by atoms with Crippen molar-refractivity contribution in [2.45, 2.75) is 0 Å². The largest absolute Gasteiger partial charge is 0.261 e. The molecular formula is C6H3BrClN3. The van der Waals surface area contributed by atoms with Gasteiger partial charge in [-0.1, -0.05) is 0 Å². The molecule has 11 heavy (non-hydrogen) atoms. The van der Waals surface area contributed by atoms with E-state index in [2.05, 4.69) is 25.9 Å². The minimum atomic E-state index is 0.409. The zero-order valence-electron chi connectivity index (χ0n) is 5.33. The van der Waals surface area contributed by atoms with E-state index in [1.54, 1.807) is 22.9 Å². The maximum atomic E-state index is 5.79. The summed E-state index contributed by atoms with van der Waals surface area (Å²) in [5, 5.41) is 0.409. The third-order valence-corrected chi connectivity index (χ3v) is 2.16. The lowest BCUT2D eigenvalue weighted by atomic mass is 10.6. The molecule has 0 aliphatic rings. The zero-order chi connectivity index (χ0) is 7.84. The van der Waals surface area contributed by atoms with E-state index in [9.17, 15) is 0 Å². The van der Waals surface area contributed by atoms with Crippen LogP contribution in [-0.2, 0) is 0 Å². The Balaban J connectivity index is 2.96. The highest BCUT2D eigenvalue weighted by atomic mass is 79.9. The number of aromatic nitrogens is 3. The predicted octanol–water partition coefficient (Wildman–Crippen LogP) is 2.15. The molecule has 0 unspecified atom stereocenters. The molecule has 2 aromatic heterocycles. The van der Waals surface area contributed by atoms with Gasteiger partial charge in [-0.25, -0.2) is 9.97 Å². The van der Waals surface area contributed by atoms with Gasteiger partial charge in [0.1, 0.15) is 10.3 Å². The van der Waals surface area contributed by atoms with Crippen molar-refractivity contribution in [3.05, 3.63) is 28.3 Å². The predicted molar refractivity (Wildman–Crippen MR) is 45.7 cm³/mol. The van der Waals surface area contributed by atoms with Crippen LogP contribution >= 0.6 is 27.5 Å². The Morgan fingerprint density at radius 1 is 1.45 bits per heavy atom. The molecular weight excluding hydrogens is 229 g/mol. The molecule has 0 radical (unpaired) electrons. The van der Waals surface area contributed by atoms with Crippen molar-refractivity contribution in [1.82, 2.24) is 14.4 Å². The van der Waals surface area contributed by atoms with Gasteiger partial charge >= 0.3 is 0 Å². The SMILES string of the molecule is Clc1nccc2ncc(Br)n12. The molecule has 0 saturated carbocycles. The molecule has 0 saturated heterocycles. The van der Waals surface area contributed by atoms with E-state index in [0.717, 1.165) is 10.3 Å². The third-order valence-electron chi connectivity index (χ3n) is 1.34. The van der Waals surface area contributed by atoms with Crippen LogP contribution in [0.4, 0.5) is 0 Å². The maximum absolute atomic E-state index is 5.79. The van der Waals surface area contributed by atoms with Gasteiger partial charge in [0.15, 0.2) is 0 Å². The molecule has 0 atom stereocenters. The van der Waals surface area contributed by atoms with Crippen LogP contribution in [0.15, 0.2) is 23.1 Å². The number of hydrogen-bond donors (Lipinski definition) is 0. The van der Waals surface area contributed by atoms with Crippen molar-refractivity contribution in [1.29, 1.82) is 0 Å². The van der Waals surface area contributed by atoms with Crippen LogP contribution in [-0.4, -0.2) is 14.4 Å². The highest BCUT2D eigenvalue weighted by Crippen LogP contribution is 2.16. The number of imidazole rings is 1. The molecule has 0 aliphatic heterocycles. The summed E-state index contributed by atoms with van der Waals surface area (Å²) in [5.74, 6) is 0. The molecule has 56 valence electrons. The van der Waals surface area contributed by atoms with Gasteiger partial charge in [-0.3, -0.25) is 4.40 Å². The average Bonchev–Trinajstić information content (AvgIpc) is 2.34. The van der Waals surface area contributed by atoms with Gasteiger partial charge in [-0.15, -0.1) is 0 Å². The van der Waals surface area contributed by atoms with E-state index in [1.165, 1.54) is 0 Å². The first kappa shape index (κ1) is 7.06. The molecule has 2 rings (SSSR count). The lowest BCUT2D eigenvalue weighted by Gasteiger charge is -1.95. The van der Waals surface area contributed by atoms with E-state index >= 15 is 0 Å². The first-order chi connectivity index (χ1) is 5.29. The number of rotatable bonds is 0. The van der Waals surface area contributed by atoms with Crippen molar-refractivity contribution in [3.8, 4) is 0 Å². The van der Waals surface area contributed by atoms with E-state index in [-0.39, 0.29) is 0 Å². The molecule has 2 aromatic rings. The number of hydrogen-bond acceptors (Lipinski definition) is 2. The first-order valence-corrected chi connectivity index (χ1v) is 4.09. The Morgan fingerprint density at radius 2 is 2.27 bits per heavy atom. The smallest absolute Gasteiger partial charge is 0.209 e. The summed E-state index contributed by atoms with van der Waals surface area (Å²) in [5.41, 5.74) is 0.789. The Kier molecular flexibility index (Phi) is 1.58. The van der Waals surface area contributed by atoms with Crippen molar-refractivity contribution in [2.24, 2.45) is 0 Å². The minimum Gasteiger partial charge on any atom is -0.261 e. The quantitative estimate of drug-likeness (QED) is 0.652. The standard InChI is InChI=1S/C6H3BrClN3/c7-4-3-10-5-1-2-9-6(8)11(4)5/h1-3H. The molecule has 0 amide bonds. The molecule has 2 heterocycles. The summed E-state index contributed by atoms with van der Waals surface area (Å²) < 4.78 is 2.52. The van der Waals surface area contributed by atoms with Gasteiger partial charge in [0.05, 0.1) is 6.20 Å². The monoisotopic (exact) mass is 231 g/mol. The summed E-state index contributed by atoms with van der Waals surface area (Å²) in [6, 6.07) is 1.79. The van der Waals surface area contributed by atoms with Gasteiger partial charge in [0.2, 0.25) is 5.28 Å². The van der Waals surface area contributed by atoms with Crippen LogP contribution < -0.4 is 0 Å². The van der Waals surface area contributed by atoms with Gasteiger partial charge in [0.25, 0.3) is 0 Å². The van der Waals surface area contributed by atoms with E-state index in [1.807, 2.05) is 0 Å². The number of halogens is 2. The molecule has 3 nitrogen and oxygen atoms in total. The summed E-state index contributed by atoms with van der Waals surface area (Å²) in [6.07, 6.45) is 3.31. The van der Waals surface area contributed by atoms with Crippen LogP contribution in [0.5, 0.6) is 0 Å². The number of nitrogens with zero attached hydrogens (tertiary/aromatic N) is 3. The van der Waals surface area contributed by atoms with Crippen LogP contribution in [0.3, 0.4) is 0 Å². The Morgan fingerprint density at radius 3 is 3.00 bits per heavy atom. The van der Waals surface area contributed by atoms with E-state index < -0.39 is 0 Å². The van der Waals surface area contributed by atoms with Crippen molar-refractivity contribution < 1.29 is 0 Å². The second-order valence-corrected chi connectivity index (χ2v) is 3.14. The second-order valence-electron chi connectivity index (χ2n) is 1.99. The lowest BCUT2D eigenvalue weighted by molar-refractivity contribution is 1.07. The molecule has 0 bridgehead atoms. The lowest BCUT2D eigenvalue weighted by Crippen LogP contribution is -1.88. The summed E-state index contributed by atoms with van der Waals surface area (Å²) in [7, 11) is 0. The Labute approximate surface area is 76.2 Å².